The molecule has 4 rings (SSSR count). The molecule has 0 aliphatic heterocycles. The first kappa shape index (κ1) is 14.8. The number of nitrogens with zero attached hydrogens (tertiary/aromatic N) is 2. The van der Waals surface area contributed by atoms with E-state index < -0.39 is 0 Å². The van der Waals surface area contributed by atoms with Crippen LogP contribution in [0.1, 0.15) is 36.0 Å². The van der Waals surface area contributed by atoms with E-state index in [-0.39, 0.29) is 5.91 Å². The van der Waals surface area contributed by atoms with Crippen LogP contribution in [0.15, 0.2) is 54.9 Å². The van der Waals surface area contributed by atoms with E-state index in [0.717, 1.165) is 35.0 Å². The second kappa shape index (κ2) is 6.40. The van der Waals surface area contributed by atoms with Crippen LogP contribution in [0.3, 0.4) is 0 Å². The van der Waals surface area contributed by atoms with Crippen molar-refractivity contribution in [2.24, 2.45) is 0 Å². The lowest BCUT2D eigenvalue weighted by atomic mass is 10.0. The summed E-state index contributed by atoms with van der Waals surface area (Å²) in [5.41, 5.74) is 3.21. The standard InChI is InChI=1S/C20H19N3O/c24-20(22-15-7-1-2-8-15)17-12-19(14-6-5-11-21-13-14)23-18-10-4-3-9-16(17)18/h3-6,9-13,15H,1-2,7-8H2,(H,22,24). The molecule has 24 heavy (non-hydrogen) atoms. The van der Waals surface area contributed by atoms with Crippen LogP contribution >= 0.6 is 0 Å². The van der Waals surface area contributed by atoms with Crippen LogP contribution in [0, 0.1) is 0 Å². The summed E-state index contributed by atoms with van der Waals surface area (Å²) in [4.78, 5) is 21.7. The van der Waals surface area contributed by atoms with Gasteiger partial charge in [-0.25, -0.2) is 4.98 Å². The van der Waals surface area contributed by atoms with Crippen LogP contribution in [-0.4, -0.2) is 21.9 Å². The number of nitrogens with one attached hydrogen (secondary N) is 1. The molecular weight excluding hydrogens is 298 g/mol. The SMILES string of the molecule is O=C(NC1CCCC1)c1cc(-c2cccnc2)nc2ccccc12. The fraction of sp³-hybridized carbons (Fsp3) is 0.250. The van der Waals surface area contributed by atoms with Gasteiger partial charge in [0.2, 0.25) is 0 Å². The summed E-state index contributed by atoms with van der Waals surface area (Å²) in [5, 5.41) is 4.07. The highest BCUT2D eigenvalue weighted by Crippen LogP contribution is 2.25. The molecule has 2 aromatic heterocycles. The first-order valence-corrected chi connectivity index (χ1v) is 8.42. The zero-order valence-corrected chi connectivity index (χ0v) is 13.4. The summed E-state index contributed by atoms with van der Waals surface area (Å²) in [6.45, 7) is 0. The van der Waals surface area contributed by atoms with Gasteiger partial charge in [-0.3, -0.25) is 9.78 Å². The Hall–Kier alpha value is -2.75. The summed E-state index contributed by atoms with van der Waals surface area (Å²) in [5.74, 6) is -0.00867. The normalized spacial score (nSPS) is 14.8. The molecule has 120 valence electrons. The quantitative estimate of drug-likeness (QED) is 0.795. The number of benzene rings is 1. The Morgan fingerprint density at radius 1 is 1.08 bits per heavy atom. The fourth-order valence-electron chi connectivity index (χ4n) is 3.36. The number of fused-ring (bicyclic) bond motifs is 1. The van der Waals surface area contributed by atoms with Crippen LogP contribution < -0.4 is 5.32 Å². The zero-order chi connectivity index (χ0) is 16.4. The first-order chi connectivity index (χ1) is 11.8. The number of aromatic nitrogens is 2. The summed E-state index contributed by atoms with van der Waals surface area (Å²) < 4.78 is 0. The molecule has 0 unspecified atom stereocenters. The molecule has 1 fully saturated rings. The van der Waals surface area contributed by atoms with Crippen molar-refractivity contribution < 1.29 is 4.79 Å². The lowest BCUT2D eigenvalue weighted by Gasteiger charge is -2.14. The van der Waals surface area contributed by atoms with Gasteiger partial charge in [0, 0.05) is 29.4 Å². The van der Waals surface area contributed by atoms with Gasteiger partial charge in [0.1, 0.15) is 0 Å². The molecule has 1 aliphatic rings. The smallest absolute Gasteiger partial charge is 0.252 e. The molecule has 0 bridgehead atoms. The number of hydrogen-bond acceptors (Lipinski definition) is 3. The Kier molecular flexibility index (Phi) is 3.95. The van der Waals surface area contributed by atoms with Crippen molar-refractivity contribution in [3.05, 3.63) is 60.4 Å². The van der Waals surface area contributed by atoms with Crippen molar-refractivity contribution >= 4 is 16.8 Å². The molecule has 0 radical (unpaired) electrons. The van der Waals surface area contributed by atoms with Crippen molar-refractivity contribution in [1.82, 2.24) is 15.3 Å². The second-order valence-corrected chi connectivity index (χ2v) is 6.27. The molecule has 2 heterocycles. The van der Waals surface area contributed by atoms with Gasteiger partial charge in [0.05, 0.1) is 16.8 Å². The lowest BCUT2D eigenvalue weighted by molar-refractivity contribution is 0.0939. The largest absolute Gasteiger partial charge is 0.349 e. The molecule has 1 saturated carbocycles. The van der Waals surface area contributed by atoms with E-state index in [1.54, 1.807) is 12.4 Å². The van der Waals surface area contributed by atoms with Crippen molar-refractivity contribution in [3.8, 4) is 11.3 Å². The maximum Gasteiger partial charge on any atom is 0.252 e. The van der Waals surface area contributed by atoms with Crippen LogP contribution in [0.4, 0.5) is 0 Å². The summed E-state index contributed by atoms with van der Waals surface area (Å²) >= 11 is 0. The Morgan fingerprint density at radius 3 is 2.71 bits per heavy atom. The highest BCUT2D eigenvalue weighted by Gasteiger charge is 2.20. The number of hydrogen-bond donors (Lipinski definition) is 1. The highest BCUT2D eigenvalue weighted by molar-refractivity contribution is 6.07. The second-order valence-electron chi connectivity index (χ2n) is 6.27. The minimum Gasteiger partial charge on any atom is -0.349 e. The predicted molar refractivity (Wildman–Crippen MR) is 94.7 cm³/mol. The van der Waals surface area contributed by atoms with E-state index in [9.17, 15) is 4.79 Å². The molecule has 3 aromatic rings. The van der Waals surface area contributed by atoms with E-state index in [2.05, 4.69) is 10.3 Å². The van der Waals surface area contributed by atoms with E-state index in [0.29, 0.717) is 11.6 Å². The fourth-order valence-corrected chi connectivity index (χ4v) is 3.36. The van der Waals surface area contributed by atoms with Crippen LogP contribution in [0.5, 0.6) is 0 Å². The average Bonchev–Trinajstić information content (AvgIpc) is 3.14. The molecule has 0 spiro atoms. The van der Waals surface area contributed by atoms with Crippen molar-refractivity contribution in [2.45, 2.75) is 31.7 Å². The number of para-hydroxylation sites is 1. The van der Waals surface area contributed by atoms with Gasteiger partial charge in [-0.1, -0.05) is 31.0 Å². The van der Waals surface area contributed by atoms with Gasteiger partial charge in [-0.2, -0.15) is 0 Å². The van der Waals surface area contributed by atoms with Crippen LogP contribution in [-0.2, 0) is 0 Å². The maximum atomic E-state index is 12.8. The number of rotatable bonds is 3. The molecular formula is C20H19N3O. The van der Waals surface area contributed by atoms with Crippen LogP contribution in [0.2, 0.25) is 0 Å². The van der Waals surface area contributed by atoms with Crippen molar-refractivity contribution in [1.29, 1.82) is 0 Å². The number of pyridine rings is 2. The predicted octanol–water partition coefficient (Wildman–Crippen LogP) is 3.97. The number of carbonyl (C=O) groups excluding carboxylic acids is 1. The minimum absolute atomic E-state index is 0.00867. The monoisotopic (exact) mass is 317 g/mol. The van der Waals surface area contributed by atoms with Gasteiger partial charge < -0.3 is 5.32 Å². The van der Waals surface area contributed by atoms with Gasteiger partial charge in [-0.15, -0.1) is 0 Å². The zero-order valence-electron chi connectivity index (χ0n) is 13.4. The maximum absolute atomic E-state index is 12.8. The molecule has 4 heteroatoms. The average molecular weight is 317 g/mol. The van der Waals surface area contributed by atoms with E-state index >= 15 is 0 Å². The molecule has 0 atom stereocenters. The molecule has 1 amide bonds. The summed E-state index contributed by atoms with van der Waals surface area (Å²) in [6.07, 6.45) is 8.05. The molecule has 4 nitrogen and oxygen atoms in total. The third-order valence-corrected chi connectivity index (χ3v) is 4.61. The molecule has 0 saturated heterocycles. The highest BCUT2D eigenvalue weighted by atomic mass is 16.1. The molecule has 1 N–H and O–H groups in total. The van der Waals surface area contributed by atoms with Gasteiger partial charge in [-0.05, 0) is 37.1 Å². The molecule has 1 aliphatic carbocycles. The third kappa shape index (κ3) is 2.87. The summed E-state index contributed by atoms with van der Waals surface area (Å²) in [6, 6.07) is 13.8. The molecule has 1 aromatic carbocycles. The van der Waals surface area contributed by atoms with Crippen molar-refractivity contribution in [2.75, 3.05) is 0 Å². The van der Waals surface area contributed by atoms with E-state index in [4.69, 9.17) is 4.98 Å². The van der Waals surface area contributed by atoms with Crippen molar-refractivity contribution in [3.63, 3.8) is 0 Å². The van der Waals surface area contributed by atoms with Gasteiger partial charge in [0.25, 0.3) is 5.91 Å². The Balaban J connectivity index is 1.79. The number of amides is 1. The topological polar surface area (TPSA) is 54.9 Å². The Morgan fingerprint density at radius 2 is 1.92 bits per heavy atom. The van der Waals surface area contributed by atoms with E-state index in [1.807, 2.05) is 42.5 Å². The summed E-state index contributed by atoms with van der Waals surface area (Å²) in [7, 11) is 0. The van der Waals surface area contributed by atoms with E-state index in [1.165, 1.54) is 12.8 Å². The third-order valence-electron chi connectivity index (χ3n) is 4.61. The Labute approximate surface area is 141 Å². The minimum atomic E-state index is -0.00867. The van der Waals surface area contributed by atoms with Gasteiger partial charge in [0.15, 0.2) is 0 Å². The van der Waals surface area contributed by atoms with Gasteiger partial charge >= 0.3 is 0 Å². The first-order valence-electron chi connectivity index (χ1n) is 8.42. The van der Waals surface area contributed by atoms with Crippen LogP contribution in [0.25, 0.3) is 22.2 Å². The number of carbonyl (C=O) groups is 1. The Bertz CT molecular complexity index is 870. The lowest BCUT2D eigenvalue weighted by Crippen LogP contribution is -2.32.